The van der Waals surface area contributed by atoms with Crippen molar-refractivity contribution in [1.29, 1.82) is 0 Å². The Morgan fingerprint density at radius 1 is 1.26 bits per heavy atom. The van der Waals surface area contributed by atoms with Crippen molar-refractivity contribution in [3.8, 4) is 5.75 Å². The van der Waals surface area contributed by atoms with Gasteiger partial charge in [-0.3, -0.25) is 9.69 Å². The fourth-order valence-electron chi connectivity index (χ4n) is 5.61. The molecular weight excluding hydrogens is 388 g/mol. The zero-order valence-corrected chi connectivity index (χ0v) is 19.7. The Hall–Kier alpha value is -1.59. The lowest BCUT2D eigenvalue weighted by atomic mass is 9.66. The number of fused-ring (bicyclic) bond motifs is 1. The van der Waals surface area contributed by atoms with Crippen LogP contribution in [0.2, 0.25) is 0 Å². The summed E-state index contributed by atoms with van der Waals surface area (Å²) in [6.45, 7) is 6.34. The first-order chi connectivity index (χ1) is 15.0. The number of hydrogen-bond donors (Lipinski definition) is 2. The molecule has 174 valence electrons. The van der Waals surface area contributed by atoms with Crippen LogP contribution >= 0.6 is 0 Å². The lowest BCUT2D eigenvalue weighted by molar-refractivity contribution is -0.138. The third-order valence-corrected chi connectivity index (χ3v) is 7.61. The number of carbonyl (C=O) groups is 1. The molecule has 4 atom stereocenters. The number of rotatable bonds is 10. The molecule has 0 bridgehead atoms. The third kappa shape index (κ3) is 6.01. The van der Waals surface area contributed by atoms with Gasteiger partial charge >= 0.3 is 0 Å². The van der Waals surface area contributed by atoms with Gasteiger partial charge in [-0.2, -0.15) is 0 Å². The van der Waals surface area contributed by atoms with Crippen LogP contribution in [0.25, 0.3) is 0 Å². The first-order valence-corrected chi connectivity index (χ1v) is 12.4. The molecule has 1 aliphatic carbocycles. The maximum Gasteiger partial charge on any atom is 0.234 e. The highest BCUT2D eigenvalue weighted by Gasteiger charge is 2.49. The fraction of sp³-hybridized carbons (Fsp3) is 0.731. The summed E-state index contributed by atoms with van der Waals surface area (Å²) in [5.74, 6) is 1.67. The van der Waals surface area contributed by atoms with E-state index in [4.69, 9.17) is 4.74 Å². The van der Waals surface area contributed by atoms with E-state index >= 15 is 0 Å². The molecule has 1 aliphatic heterocycles. The van der Waals surface area contributed by atoms with E-state index in [0.717, 1.165) is 57.4 Å². The van der Waals surface area contributed by atoms with Crippen LogP contribution in [0.15, 0.2) is 24.3 Å². The second kappa shape index (κ2) is 11.3. The summed E-state index contributed by atoms with van der Waals surface area (Å²) in [5.41, 5.74) is 0.566. The standard InChI is InChI=1S/C26H42N2O3/c1-4-6-9-20(5-2)18-27-24(29)19-28-17-16-26(30)15-8-7-10-23(26)25(28)21-11-13-22(31-3)14-12-21/h11-14,20,23,25,30H,4-10,15-19H2,1-3H3,(H,27,29)/t20-,23-,25-,26+/m0/s1. The Morgan fingerprint density at radius 2 is 2.03 bits per heavy atom. The molecule has 1 amide bonds. The van der Waals surface area contributed by atoms with Gasteiger partial charge in [0.25, 0.3) is 0 Å². The summed E-state index contributed by atoms with van der Waals surface area (Å²) in [4.78, 5) is 15.2. The van der Waals surface area contributed by atoms with Crippen LogP contribution < -0.4 is 10.1 Å². The number of nitrogens with one attached hydrogen (secondary N) is 1. The molecule has 1 aromatic carbocycles. The molecule has 3 rings (SSSR count). The van der Waals surface area contributed by atoms with Crippen molar-refractivity contribution in [1.82, 2.24) is 10.2 Å². The fourth-order valence-corrected chi connectivity index (χ4v) is 5.61. The van der Waals surface area contributed by atoms with Crippen molar-refractivity contribution in [3.63, 3.8) is 0 Å². The van der Waals surface area contributed by atoms with Crippen molar-refractivity contribution >= 4 is 5.91 Å². The largest absolute Gasteiger partial charge is 0.497 e. The minimum absolute atomic E-state index is 0.0674. The van der Waals surface area contributed by atoms with Crippen LogP contribution in [0.1, 0.15) is 83.2 Å². The lowest BCUT2D eigenvalue weighted by Crippen LogP contribution is -2.56. The van der Waals surface area contributed by atoms with Crippen LogP contribution in [0.5, 0.6) is 5.75 Å². The Kier molecular flexibility index (Phi) is 8.79. The number of methoxy groups -OCH3 is 1. The maximum absolute atomic E-state index is 12.9. The molecule has 2 aliphatic rings. The van der Waals surface area contributed by atoms with Crippen molar-refractivity contribution in [2.75, 3.05) is 26.7 Å². The van der Waals surface area contributed by atoms with E-state index in [1.54, 1.807) is 7.11 Å². The van der Waals surface area contributed by atoms with Crippen LogP contribution in [-0.4, -0.2) is 48.3 Å². The zero-order valence-electron chi connectivity index (χ0n) is 19.7. The number of likely N-dealkylation sites (tertiary alicyclic amines) is 1. The molecular formula is C26H42N2O3. The number of amides is 1. The zero-order chi connectivity index (χ0) is 22.3. The van der Waals surface area contributed by atoms with Crippen molar-refractivity contribution in [3.05, 3.63) is 29.8 Å². The van der Waals surface area contributed by atoms with Gasteiger partial charge in [0.15, 0.2) is 0 Å². The monoisotopic (exact) mass is 430 g/mol. The first-order valence-electron chi connectivity index (χ1n) is 12.4. The number of hydrogen-bond acceptors (Lipinski definition) is 4. The number of piperidine rings is 1. The predicted molar refractivity (Wildman–Crippen MR) is 125 cm³/mol. The van der Waals surface area contributed by atoms with Gasteiger partial charge in [0.1, 0.15) is 5.75 Å². The van der Waals surface area contributed by atoms with E-state index in [9.17, 15) is 9.90 Å². The summed E-state index contributed by atoms with van der Waals surface area (Å²) in [6, 6.07) is 8.25. The van der Waals surface area contributed by atoms with Crippen molar-refractivity contribution in [2.45, 2.75) is 83.3 Å². The number of aliphatic hydroxyl groups is 1. The molecule has 0 spiro atoms. The topological polar surface area (TPSA) is 61.8 Å². The van der Waals surface area contributed by atoms with E-state index in [0.29, 0.717) is 12.5 Å². The van der Waals surface area contributed by atoms with Crippen LogP contribution in [-0.2, 0) is 4.79 Å². The highest BCUT2D eigenvalue weighted by atomic mass is 16.5. The molecule has 0 unspecified atom stereocenters. The first kappa shape index (κ1) is 24.1. The highest BCUT2D eigenvalue weighted by Crippen LogP contribution is 2.49. The Bertz CT molecular complexity index is 692. The number of nitrogens with zero attached hydrogens (tertiary/aromatic N) is 1. The Labute approximate surface area is 188 Å². The molecule has 5 nitrogen and oxygen atoms in total. The molecule has 5 heteroatoms. The lowest BCUT2D eigenvalue weighted by Gasteiger charge is -2.52. The van der Waals surface area contributed by atoms with Crippen molar-refractivity contribution in [2.24, 2.45) is 11.8 Å². The molecule has 0 radical (unpaired) electrons. The van der Waals surface area contributed by atoms with E-state index in [1.807, 2.05) is 12.1 Å². The normalized spacial score (nSPS) is 27.4. The van der Waals surface area contributed by atoms with Crippen LogP contribution in [0, 0.1) is 11.8 Å². The Balaban J connectivity index is 1.71. The van der Waals surface area contributed by atoms with Gasteiger partial charge in [0, 0.05) is 25.0 Å². The quantitative estimate of drug-likeness (QED) is 0.565. The molecule has 1 saturated heterocycles. The molecule has 2 fully saturated rings. The summed E-state index contributed by atoms with van der Waals surface area (Å²) < 4.78 is 5.34. The summed E-state index contributed by atoms with van der Waals surface area (Å²) >= 11 is 0. The van der Waals surface area contributed by atoms with Gasteiger partial charge in [-0.1, -0.05) is 58.1 Å². The van der Waals surface area contributed by atoms with Gasteiger partial charge in [0.05, 0.1) is 19.3 Å². The third-order valence-electron chi connectivity index (χ3n) is 7.61. The average Bonchev–Trinajstić information content (AvgIpc) is 2.79. The Morgan fingerprint density at radius 3 is 2.71 bits per heavy atom. The van der Waals surface area contributed by atoms with E-state index in [1.165, 1.54) is 24.8 Å². The van der Waals surface area contributed by atoms with Gasteiger partial charge in [0.2, 0.25) is 5.91 Å². The van der Waals surface area contributed by atoms with Crippen LogP contribution in [0.3, 0.4) is 0 Å². The van der Waals surface area contributed by atoms with Crippen molar-refractivity contribution < 1.29 is 14.6 Å². The molecule has 2 N–H and O–H groups in total. The molecule has 1 heterocycles. The number of carbonyl (C=O) groups excluding carboxylic acids is 1. The highest BCUT2D eigenvalue weighted by molar-refractivity contribution is 5.78. The summed E-state index contributed by atoms with van der Waals surface area (Å²) in [7, 11) is 1.68. The molecule has 31 heavy (non-hydrogen) atoms. The number of benzene rings is 1. The molecule has 0 aromatic heterocycles. The smallest absolute Gasteiger partial charge is 0.234 e. The second-order valence-corrected chi connectivity index (χ2v) is 9.61. The van der Waals surface area contributed by atoms with Gasteiger partial charge in [-0.05, 0) is 49.3 Å². The van der Waals surface area contributed by atoms with Gasteiger partial charge < -0.3 is 15.2 Å². The number of unbranched alkanes of at least 4 members (excludes halogenated alkanes) is 1. The van der Waals surface area contributed by atoms with E-state index in [-0.39, 0.29) is 17.9 Å². The van der Waals surface area contributed by atoms with Gasteiger partial charge in [-0.25, -0.2) is 0 Å². The molecule has 1 aromatic rings. The SMILES string of the molecule is CCCC[C@H](CC)CNC(=O)CN1CC[C@]2(O)CCCC[C@H]2[C@@H]1c1ccc(OC)cc1. The second-order valence-electron chi connectivity index (χ2n) is 9.61. The summed E-state index contributed by atoms with van der Waals surface area (Å²) in [5, 5.41) is 14.6. The van der Waals surface area contributed by atoms with Crippen LogP contribution in [0.4, 0.5) is 0 Å². The maximum atomic E-state index is 12.9. The van der Waals surface area contributed by atoms with E-state index < -0.39 is 5.60 Å². The minimum atomic E-state index is -0.608. The average molecular weight is 431 g/mol. The van der Waals surface area contributed by atoms with E-state index in [2.05, 4.69) is 36.2 Å². The summed E-state index contributed by atoms with van der Waals surface area (Å²) in [6.07, 6.45) is 9.60. The minimum Gasteiger partial charge on any atom is -0.497 e. The molecule has 1 saturated carbocycles. The predicted octanol–water partition coefficient (Wildman–Crippen LogP) is 4.70. The van der Waals surface area contributed by atoms with Gasteiger partial charge in [-0.15, -0.1) is 0 Å². The number of ether oxygens (including phenoxy) is 1.